The molecule has 2 aliphatic rings. The van der Waals surface area contributed by atoms with E-state index in [1.54, 1.807) is 12.1 Å². The van der Waals surface area contributed by atoms with Crippen LogP contribution in [-0.4, -0.2) is 41.4 Å². The standard InChI is InChI=1S/C14H14FN3O3/c15-10-3-1-2-9(6-10)7-11(19)18-5-4-14(8-18)12(20)16-13(21)17-14/h1-3,6H,4-5,7-8H2,(H2,16,17,20,21). The molecule has 110 valence electrons. The SMILES string of the molecule is O=C1NC(=O)C2(CCN(C(=O)Cc3cccc(F)c3)C2)N1. The van der Waals surface area contributed by atoms with Crippen LogP contribution in [0.2, 0.25) is 0 Å². The first-order chi connectivity index (χ1) is 9.98. The summed E-state index contributed by atoms with van der Waals surface area (Å²) in [5, 5.41) is 4.77. The zero-order valence-electron chi connectivity index (χ0n) is 11.2. The molecule has 2 fully saturated rings. The number of amides is 4. The van der Waals surface area contributed by atoms with Gasteiger partial charge in [0.2, 0.25) is 5.91 Å². The predicted molar refractivity (Wildman–Crippen MR) is 70.7 cm³/mol. The van der Waals surface area contributed by atoms with E-state index in [0.717, 1.165) is 0 Å². The van der Waals surface area contributed by atoms with Crippen LogP contribution in [0.1, 0.15) is 12.0 Å². The second-order valence-electron chi connectivity index (χ2n) is 5.36. The Kier molecular flexibility index (Phi) is 3.12. The number of hydrogen-bond donors (Lipinski definition) is 2. The third kappa shape index (κ3) is 2.46. The zero-order chi connectivity index (χ0) is 15.0. The van der Waals surface area contributed by atoms with Crippen molar-refractivity contribution < 1.29 is 18.8 Å². The lowest BCUT2D eigenvalue weighted by Crippen LogP contribution is -2.49. The van der Waals surface area contributed by atoms with Crippen LogP contribution < -0.4 is 10.6 Å². The van der Waals surface area contributed by atoms with Gasteiger partial charge in [-0.05, 0) is 24.1 Å². The first kappa shape index (κ1) is 13.5. The Balaban J connectivity index is 1.67. The van der Waals surface area contributed by atoms with Crippen LogP contribution in [0.25, 0.3) is 0 Å². The summed E-state index contributed by atoms with van der Waals surface area (Å²) in [5.41, 5.74) is -0.421. The lowest BCUT2D eigenvalue weighted by atomic mass is 9.99. The molecule has 3 rings (SSSR count). The smallest absolute Gasteiger partial charge is 0.322 e. The second kappa shape index (κ2) is 4.83. The molecular formula is C14H14FN3O3. The van der Waals surface area contributed by atoms with E-state index in [4.69, 9.17) is 0 Å². The molecule has 7 heteroatoms. The molecule has 2 aliphatic heterocycles. The maximum absolute atomic E-state index is 13.1. The van der Waals surface area contributed by atoms with Crippen molar-refractivity contribution in [2.45, 2.75) is 18.4 Å². The molecule has 6 nitrogen and oxygen atoms in total. The lowest BCUT2D eigenvalue weighted by molar-refractivity contribution is -0.130. The van der Waals surface area contributed by atoms with E-state index < -0.39 is 17.5 Å². The van der Waals surface area contributed by atoms with Crippen LogP contribution in [0.5, 0.6) is 0 Å². The van der Waals surface area contributed by atoms with Crippen molar-refractivity contribution in [1.82, 2.24) is 15.5 Å². The van der Waals surface area contributed by atoms with E-state index in [2.05, 4.69) is 10.6 Å². The lowest BCUT2D eigenvalue weighted by Gasteiger charge is -2.21. The number of rotatable bonds is 2. The number of urea groups is 1. The Morgan fingerprint density at radius 3 is 2.86 bits per heavy atom. The molecule has 21 heavy (non-hydrogen) atoms. The molecule has 1 spiro atoms. The van der Waals surface area contributed by atoms with Crippen LogP contribution in [-0.2, 0) is 16.0 Å². The molecule has 1 atom stereocenters. The summed E-state index contributed by atoms with van der Waals surface area (Å²) in [6, 6.07) is 5.33. The zero-order valence-corrected chi connectivity index (χ0v) is 11.2. The van der Waals surface area contributed by atoms with Crippen molar-refractivity contribution in [3.05, 3.63) is 35.6 Å². The van der Waals surface area contributed by atoms with Gasteiger partial charge >= 0.3 is 6.03 Å². The number of imide groups is 1. The summed E-state index contributed by atoms with van der Waals surface area (Å²) in [7, 11) is 0. The second-order valence-corrected chi connectivity index (χ2v) is 5.36. The van der Waals surface area contributed by atoms with Crippen molar-refractivity contribution >= 4 is 17.8 Å². The number of nitrogens with zero attached hydrogens (tertiary/aromatic N) is 1. The van der Waals surface area contributed by atoms with E-state index in [0.29, 0.717) is 18.5 Å². The summed E-state index contributed by atoms with van der Waals surface area (Å²) in [4.78, 5) is 36.8. The van der Waals surface area contributed by atoms with E-state index in [-0.39, 0.29) is 24.7 Å². The maximum Gasteiger partial charge on any atom is 0.322 e. The molecule has 0 saturated carbocycles. The average molecular weight is 291 g/mol. The van der Waals surface area contributed by atoms with Gasteiger partial charge < -0.3 is 10.2 Å². The van der Waals surface area contributed by atoms with Crippen LogP contribution in [0.3, 0.4) is 0 Å². The number of halogens is 1. The monoisotopic (exact) mass is 291 g/mol. The molecule has 1 aromatic rings. The van der Waals surface area contributed by atoms with Gasteiger partial charge in [0.05, 0.1) is 13.0 Å². The molecule has 2 heterocycles. The highest BCUT2D eigenvalue weighted by atomic mass is 19.1. The van der Waals surface area contributed by atoms with E-state index >= 15 is 0 Å². The van der Waals surface area contributed by atoms with Crippen molar-refractivity contribution in [3.63, 3.8) is 0 Å². The predicted octanol–water partition coefficient (Wildman–Crippen LogP) is 0.179. The number of likely N-dealkylation sites (tertiary alicyclic amines) is 1. The van der Waals surface area contributed by atoms with Gasteiger partial charge in [-0.15, -0.1) is 0 Å². The van der Waals surface area contributed by atoms with Crippen LogP contribution in [0.15, 0.2) is 24.3 Å². The van der Waals surface area contributed by atoms with Gasteiger partial charge in [0.1, 0.15) is 11.4 Å². The third-order valence-electron chi connectivity index (χ3n) is 3.88. The van der Waals surface area contributed by atoms with Crippen molar-refractivity contribution in [3.8, 4) is 0 Å². The van der Waals surface area contributed by atoms with Gasteiger partial charge in [0, 0.05) is 6.54 Å². The maximum atomic E-state index is 13.1. The number of hydrogen-bond acceptors (Lipinski definition) is 3. The Labute approximate surface area is 120 Å². The summed E-state index contributed by atoms with van der Waals surface area (Å²) < 4.78 is 13.1. The summed E-state index contributed by atoms with van der Waals surface area (Å²) in [6.45, 7) is 0.542. The largest absolute Gasteiger partial charge is 0.339 e. The van der Waals surface area contributed by atoms with Crippen LogP contribution in [0, 0.1) is 5.82 Å². The van der Waals surface area contributed by atoms with Crippen molar-refractivity contribution in [2.75, 3.05) is 13.1 Å². The molecule has 2 N–H and O–H groups in total. The number of carbonyl (C=O) groups excluding carboxylic acids is 3. The summed E-state index contributed by atoms with van der Waals surface area (Å²) >= 11 is 0. The first-order valence-electron chi connectivity index (χ1n) is 6.64. The highest BCUT2D eigenvalue weighted by molar-refractivity contribution is 6.07. The minimum absolute atomic E-state index is 0.0728. The molecular weight excluding hydrogens is 277 g/mol. The fourth-order valence-corrected chi connectivity index (χ4v) is 2.77. The normalized spacial score (nSPS) is 24.3. The molecule has 1 aromatic carbocycles. The molecule has 4 amide bonds. The van der Waals surface area contributed by atoms with E-state index in [1.807, 2.05) is 0 Å². The van der Waals surface area contributed by atoms with Gasteiger partial charge in [0.15, 0.2) is 0 Å². The number of benzene rings is 1. The number of carbonyl (C=O) groups is 3. The minimum Gasteiger partial charge on any atom is -0.339 e. The molecule has 1 unspecified atom stereocenters. The Hall–Kier alpha value is -2.44. The fourth-order valence-electron chi connectivity index (χ4n) is 2.77. The molecule has 2 saturated heterocycles. The molecule has 0 bridgehead atoms. The summed E-state index contributed by atoms with van der Waals surface area (Å²) in [5.74, 6) is -0.972. The highest BCUT2D eigenvalue weighted by Crippen LogP contribution is 2.25. The number of nitrogens with one attached hydrogen (secondary N) is 2. The van der Waals surface area contributed by atoms with Gasteiger partial charge in [-0.3, -0.25) is 14.9 Å². The van der Waals surface area contributed by atoms with Gasteiger partial charge in [-0.1, -0.05) is 12.1 Å². The molecule has 0 aromatic heterocycles. The van der Waals surface area contributed by atoms with Crippen molar-refractivity contribution in [1.29, 1.82) is 0 Å². The van der Waals surface area contributed by atoms with Crippen molar-refractivity contribution in [2.24, 2.45) is 0 Å². The minimum atomic E-state index is -1.01. The Morgan fingerprint density at radius 1 is 1.38 bits per heavy atom. The van der Waals surface area contributed by atoms with Gasteiger partial charge in [-0.25, -0.2) is 9.18 Å². The van der Waals surface area contributed by atoms with Crippen LogP contribution in [0.4, 0.5) is 9.18 Å². The molecule has 0 radical (unpaired) electrons. The molecule has 0 aliphatic carbocycles. The Bertz CT molecular complexity index is 634. The Morgan fingerprint density at radius 2 is 2.19 bits per heavy atom. The van der Waals surface area contributed by atoms with Gasteiger partial charge in [0.25, 0.3) is 5.91 Å². The van der Waals surface area contributed by atoms with E-state index in [1.165, 1.54) is 17.0 Å². The summed E-state index contributed by atoms with van der Waals surface area (Å²) in [6.07, 6.45) is 0.461. The third-order valence-corrected chi connectivity index (χ3v) is 3.88. The topological polar surface area (TPSA) is 78.5 Å². The quantitative estimate of drug-likeness (QED) is 0.763. The van der Waals surface area contributed by atoms with E-state index in [9.17, 15) is 18.8 Å². The highest BCUT2D eigenvalue weighted by Gasteiger charge is 2.51. The average Bonchev–Trinajstić information content (AvgIpc) is 2.95. The van der Waals surface area contributed by atoms with Gasteiger partial charge in [-0.2, -0.15) is 0 Å². The van der Waals surface area contributed by atoms with Crippen LogP contribution >= 0.6 is 0 Å². The first-order valence-corrected chi connectivity index (χ1v) is 6.64. The fraction of sp³-hybridized carbons (Fsp3) is 0.357.